The first-order valence-corrected chi connectivity index (χ1v) is 6.04. The van der Waals surface area contributed by atoms with Gasteiger partial charge in [-0.05, 0) is 42.6 Å². The first kappa shape index (κ1) is 14.0. The molecule has 0 spiro atoms. The molecule has 17 heavy (non-hydrogen) atoms. The minimum atomic E-state index is -0.508. The zero-order valence-corrected chi connectivity index (χ0v) is 11.1. The number of aliphatic hydroxyl groups is 1. The number of rotatable bonds is 5. The second kappa shape index (κ2) is 6.03. The summed E-state index contributed by atoms with van der Waals surface area (Å²) in [4.78, 5) is 0. The van der Waals surface area contributed by atoms with Crippen LogP contribution in [0.5, 0.6) is 5.75 Å². The first-order chi connectivity index (χ1) is 8.01. The van der Waals surface area contributed by atoms with Gasteiger partial charge in [0.05, 0.1) is 13.2 Å². The van der Waals surface area contributed by atoms with Crippen LogP contribution in [0.4, 0.5) is 0 Å². The largest absolute Gasteiger partial charge is 0.497 e. The van der Waals surface area contributed by atoms with Crippen LogP contribution in [-0.4, -0.2) is 18.8 Å². The maximum atomic E-state index is 10.4. The highest BCUT2D eigenvalue weighted by molar-refractivity contribution is 5.36. The fourth-order valence-electron chi connectivity index (χ4n) is 2.10. The van der Waals surface area contributed by atoms with Crippen LogP contribution in [0, 0.1) is 18.8 Å². The Morgan fingerprint density at radius 1 is 1.35 bits per heavy atom. The van der Waals surface area contributed by atoms with Crippen molar-refractivity contribution in [1.29, 1.82) is 0 Å². The van der Waals surface area contributed by atoms with Crippen LogP contribution < -0.4 is 10.5 Å². The highest BCUT2D eigenvalue weighted by Crippen LogP contribution is 2.30. The molecule has 1 rings (SSSR count). The molecule has 2 atom stereocenters. The standard InChI is InChI=1S/C14H23NO2/c1-9(2)13(8-15)14(16)12-6-5-11(17-4)7-10(12)3/h5-7,9,13-14,16H,8,15H2,1-4H3. The second-order valence-corrected chi connectivity index (χ2v) is 4.81. The number of aliphatic hydroxyl groups excluding tert-OH is 1. The van der Waals surface area contributed by atoms with E-state index < -0.39 is 6.10 Å². The van der Waals surface area contributed by atoms with Crippen molar-refractivity contribution >= 4 is 0 Å². The zero-order chi connectivity index (χ0) is 13.0. The lowest BCUT2D eigenvalue weighted by atomic mass is 9.85. The van der Waals surface area contributed by atoms with Crippen LogP contribution in [0.2, 0.25) is 0 Å². The molecule has 96 valence electrons. The van der Waals surface area contributed by atoms with Gasteiger partial charge in [0.25, 0.3) is 0 Å². The third-order valence-corrected chi connectivity index (χ3v) is 3.33. The quantitative estimate of drug-likeness (QED) is 0.826. The van der Waals surface area contributed by atoms with Crippen molar-refractivity contribution in [2.75, 3.05) is 13.7 Å². The molecule has 2 unspecified atom stereocenters. The maximum Gasteiger partial charge on any atom is 0.119 e. The van der Waals surface area contributed by atoms with Crippen LogP contribution in [0.1, 0.15) is 31.1 Å². The molecule has 0 fully saturated rings. The van der Waals surface area contributed by atoms with Crippen molar-refractivity contribution in [2.45, 2.75) is 26.9 Å². The zero-order valence-electron chi connectivity index (χ0n) is 11.1. The van der Waals surface area contributed by atoms with Crippen molar-refractivity contribution in [2.24, 2.45) is 17.6 Å². The fraction of sp³-hybridized carbons (Fsp3) is 0.571. The SMILES string of the molecule is COc1ccc(C(O)C(CN)C(C)C)c(C)c1. The van der Waals surface area contributed by atoms with E-state index in [9.17, 15) is 5.11 Å². The average Bonchev–Trinajstić information content (AvgIpc) is 2.28. The summed E-state index contributed by atoms with van der Waals surface area (Å²) in [5.74, 6) is 1.26. The highest BCUT2D eigenvalue weighted by Gasteiger charge is 2.23. The van der Waals surface area contributed by atoms with Crippen molar-refractivity contribution in [3.8, 4) is 5.75 Å². The molecule has 0 heterocycles. The number of aryl methyl sites for hydroxylation is 1. The van der Waals surface area contributed by atoms with Gasteiger partial charge in [0.15, 0.2) is 0 Å². The Balaban J connectivity index is 2.99. The number of ether oxygens (including phenoxy) is 1. The summed E-state index contributed by atoms with van der Waals surface area (Å²) < 4.78 is 5.16. The Kier molecular flexibility index (Phi) is 4.97. The highest BCUT2D eigenvalue weighted by atomic mass is 16.5. The Hall–Kier alpha value is -1.06. The monoisotopic (exact) mass is 237 g/mol. The summed E-state index contributed by atoms with van der Waals surface area (Å²) in [6.45, 7) is 6.64. The van der Waals surface area contributed by atoms with E-state index in [-0.39, 0.29) is 5.92 Å². The van der Waals surface area contributed by atoms with Gasteiger partial charge in [-0.3, -0.25) is 0 Å². The Morgan fingerprint density at radius 2 is 2.00 bits per heavy atom. The number of methoxy groups -OCH3 is 1. The van der Waals surface area contributed by atoms with E-state index >= 15 is 0 Å². The lowest BCUT2D eigenvalue weighted by Crippen LogP contribution is -2.27. The summed E-state index contributed by atoms with van der Waals surface area (Å²) in [6, 6.07) is 5.73. The summed E-state index contributed by atoms with van der Waals surface area (Å²) in [5, 5.41) is 10.4. The summed E-state index contributed by atoms with van der Waals surface area (Å²) in [5.41, 5.74) is 7.71. The molecule has 0 saturated carbocycles. The minimum absolute atomic E-state index is 0.0853. The van der Waals surface area contributed by atoms with Gasteiger partial charge in [-0.1, -0.05) is 19.9 Å². The van der Waals surface area contributed by atoms with Crippen LogP contribution in [-0.2, 0) is 0 Å². The van der Waals surface area contributed by atoms with E-state index in [0.29, 0.717) is 12.5 Å². The van der Waals surface area contributed by atoms with Crippen molar-refractivity contribution in [1.82, 2.24) is 0 Å². The topological polar surface area (TPSA) is 55.5 Å². The van der Waals surface area contributed by atoms with Crippen LogP contribution >= 0.6 is 0 Å². The molecule has 3 nitrogen and oxygen atoms in total. The van der Waals surface area contributed by atoms with E-state index in [0.717, 1.165) is 16.9 Å². The molecule has 0 saturated heterocycles. The second-order valence-electron chi connectivity index (χ2n) is 4.81. The minimum Gasteiger partial charge on any atom is -0.497 e. The number of hydrogen-bond donors (Lipinski definition) is 2. The molecule has 3 heteroatoms. The molecule has 1 aromatic carbocycles. The predicted octanol–water partition coefficient (Wildman–Crippen LogP) is 2.27. The molecule has 0 aliphatic heterocycles. The molecular weight excluding hydrogens is 214 g/mol. The molecule has 3 N–H and O–H groups in total. The van der Waals surface area contributed by atoms with Gasteiger partial charge in [0, 0.05) is 5.92 Å². The summed E-state index contributed by atoms with van der Waals surface area (Å²) in [6.07, 6.45) is -0.508. The number of benzene rings is 1. The van der Waals surface area contributed by atoms with Crippen LogP contribution in [0.3, 0.4) is 0 Å². The van der Waals surface area contributed by atoms with Gasteiger partial charge in [0.1, 0.15) is 5.75 Å². The molecule has 0 radical (unpaired) electrons. The van der Waals surface area contributed by atoms with Crippen LogP contribution in [0.25, 0.3) is 0 Å². The van der Waals surface area contributed by atoms with E-state index in [1.807, 2.05) is 25.1 Å². The lowest BCUT2D eigenvalue weighted by Gasteiger charge is -2.26. The summed E-state index contributed by atoms with van der Waals surface area (Å²) >= 11 is 0. The van der Waals surface area contributed by atoms with E-state index in [1.165, 1.54) is 0 Å². The van der Waals surface area contributed by atoms with Gasteiger partial charge in [0.2, 0.25) is 0 Å². The Labute approximate surface area is 104 Å². The molecule has 0 aromatic heterocycles. The Bertz CT molecular complexity index is 363. The van der Waals surface area contributed by atoms with Gasteiger partial charge >= 0.3 is 0 Å². The smallest absolute Gasteiger partial charge is 0.119 e. The molecule has 0 aliphatic rings. The first-order valence-electron chi connectivity index (χ1n) is 6.04. The van der Waals surface area contributed by atoms with E-state index in [1.54, 1.807) is 7.11 Å². The molecule has 0 amide bonds. The number of hydrogen-bond acceptors (Lipinski definition) is 3. The average molecular weight is 237 g/mol. The van der Waals surface area contributed by atoms with Gasteiger partial charge < -0.3 is 15.6 Å². The maximum absolute atomic E-state index is 10.4. The molecule has 0 bridgehead atoms. The molecular formula is C14H23NO2. The van der Waals surface area contributed by atoms with Crippen molar-refractivity contribution in [3.63, 3.8) is 0 Å². The van der Waals surface area contributed by atoms with E-state index in [2.05, 4.69) is 13.8 Å². The third-order valence-electron chi connectivity index (χ3n) is 3.33. The number of nitrogens with two attached hydrogens (primary N) is 1. The van der Waals surface area contributed by atoms with Gasteiger partial charge in [-0.15, -0.1) is 0 Å². The lowest BCUT2D eigenvalue weighted by molar-refractivity contribution is 0.0855. The third kappa shape index (κ3) is 3.20. The van der Waals surface area contributed by atoms with Crippen molar-refractivity contribution in [3.05, 3.63) is 29.3 Å². The van der Waals surface area contributed by atoms with Crippen LogP contribution in [0.15, 0.2) is 18.2 Å². The normalized spacial score (nSPS) is 14.8. The predicted molar refractivity (Wildman–Crippen MR) is 70.1 cm³/mol. The summed E-state index contributed by atoms with van der Waals surface area (Å²) in [7, 11) is 1.64. The molecule has 0 aliphatic carbocycles. The Morgan fingerprint density at radius 3 is 2.41 bits per heavy atom. The van der Waals surface area contributed by atoms with Gasteiger partial charge in [-0.2, -0.15) is 0 Å². The van der Waals surface area contributed by atoms with Gasteiger partial charge in [-0.25, -0.2) is 0 Å². The molecule has 1 aromatic rings. The fourth-order valence-corrected chi connectivity index (χ4v) is 2.10. The van der Waals surface area contributed by atoms with Crippen molar-refractivity contribution < 1.29 is 9.84 Å². The van der Waals surface area contributed by atoms with E-state index in [4.69, 9.17) is 10.5 Å².